The van der Waals surface area contributed by atoms with E-state index in [4.69, 9.17) is 10.5 Å². The molecular weight excluding hydrogens is 351 g/mol. The van der Waals surface area contributed by atoms with Crippen molar-refractivity contribution in [3.05, 3.63) is 59.9 Å². The summed E-state index contributed by atoms with van der Waals surface area (Å²) in [6.07, 6.45) is -3.09. The summed E-state index contributed by atoms with van der Waals surface area (Å²) >= 11 is 0. The van der Waals surface area contributed by atoms with Crippen molar-refractivity contribution in [2.75, 3.05) is 11.9 Å². The summed E-state index contributed by atoms with van der Waals surface area (Å²) in [5.74, 6) is -1.06. The van der Waals surface area contributed by atoms with E-state index >= 15 is 0 Å². The van der Waals surface area contributed by atoms with Crippen molar-refractivity contribution in [1.29, 1.82) is 0 Å². The maximum atomic E-state index is 13.9. The number of ether oxygens (including phenoxy) is 1. The van der Waals surface area contributed by atoms with Gasteiger partial charge in [-0.1, -0.05) is 18.2 Å². The highest BCUT2D eigenvalue weighted by molar-refractivity contribution is 5.92. The molecule has 26 heavy (non-hydrogen) atoms. The minimum Gasteiger partial charge on any atom is -0.484 e. The van der Waals surface area contributed by atoms with E-state index in [0.717, 1.165) is 12.1 Å². The first-order chi connectivity index (χ1) is 12.4. The molecule has 0 saturated carbocycles. The van der Waals surface area contributed by atoms with Crippen molar-refractivity contribution in [1.82, 2.24) is 5.32 Å². The number of anilines is 1. The van der Waals surface area contributed by atoms with Crippen LogP contribution in [-0.2, 0) is 4.79 Å². The van der Waals surface area contributed by atoms with Gasteiger partial charge in [0, 0.05) is 11.3 Å². The first-order valence-electron chi connectivity index (χ1n) is 7.48. The lowest BCUT2D eigenvalue weighted by Gasteiger charge is -2.18. The molecule has 6 nitrogen and oxygen atoms in total. The second kappa shape index (κ2) is 8.75. The van der Waals surface area contributed by atoms with E-state index in [-0.39, 0.29) is 12.3 Å². The Hall–Kier alpha value is -3.23. The van der Waals surface area contributed by atoms with Crippen LogP contribution in [0.4, 0.5) is 23.7 Å². The summed E-state index contributed by atoms with van der Waals surface area (Å²) in [7, 11) is 0. The Morgan fingerprint density at radius 3 is 2.42 bits per heavy atom. The van der Waals surface area contributed by atoms with Crippen LogP contribution in [-0.4, -0.2) is 25.0 Å². The number of amides is 3. The highest BCUT2D eigenvalue weighted by atomic mass is 19.3. The zero-order chi connectivity index (χ0) is 19.1. The van der Waals surface area contributed by atoms with E-state index in [1.807, 2.05) is 0 Å². The molecule has 0 aliphatic carbocycles. The number of primary amides is 1. The van der Waals surface area contributed by atoms with Crippen LogP contribution < -0.4 is 21.1 Å². The second-order valence-corrected chi connectivity index (χ2v) is 5.21. The summed E-state index contributed by atoms with van der Waals surface area (Å²) in [5.41, 5.74) is 4.41. The van der Waals surface area contributed by atoms with Crippen LogP contribution in [0.25, 0.3) is 0 Å². The highest BCUT2D eigenvalue weighted by Gasteiger charge is 2.27. The Labute approximate surface area is 147 Å². The number of urea groups is 1. The molecule has 0 aliphatic heterocycles. The van der Waals surface area contributed by atoms with Gasteiger partial charge in [-0.2, -0.15) is 0 Å². The molecule has 2 aromatic carbocycles. The number of nitrogens with two attached hydrogens (primary N) is 1. The largest absolute Gasteiger partial charge is 0.484 e. The molecule has 9 heteroatoms. The van der Waals surface area contributed by atoms with Gasteiger partial charge in [-0.3, -0.25) is 4.79 Å². The summed E-state index contributed by atoms with van der Waals surface area (Å²) in [5, 5.41) is 4.18. The van der Waals surface area contributed by atoms with E-state index in [9.17, 15) is 22.8 Å². The molecule has 2 aromatic rings. The van der Waals surface area contributed by atoms with Gasteiger partial charge in [0.05, 0.1) is 0 Å². The predicted molar refractivity (Wildman–Crippen MR) is 88.4 cm³/mol. The van der Waals surface area contributed by atoms with Crippen molar-refractivity contribution in [3.63, 3.8) is 0 Å². The molecule has 0 heterocycles. The summed E-state index contributed by atoms with van der Waals surface area (Å²) in [4.78, 5) is 22.7. The summed E-state index contributed by atoms with van der Waals surface area (Å²) < 4.78 is 45.3. The summed E-state index contributed by atoms with van der Waals surface area (Å²) in [6.45, 7) is -0.325. The molecule has 1 atom stereocenters. The molecule has 0 spiro atoms. The molecule has 3 amide bonds. The maximum absolute atomic E-state index is 13.9. The van der Waals surface area contributed by atoms with Crippen LogP contribution in [0.3, 0.4) is 0 Å². The number of carbonyl (C=O) groups is 2. The van der Waals surface area contributed by atoms with Gasteiger partial charge in [0.15, 0.2) is 6.61 Å². The molecule has 0 saturated heterocycles. The Kier molecular flexibility index (Phi) is 6.42. The van der Waals surface area contributed by atoms with Crippen molar-refractivity contribution in [2.24, 2.45) is 5.73 Å². The lowest BCUT2D eigenvalue weighted by atomic mass is 10.1. The Morgan fingerprint density at radius 2 is 1.81 bits per heavy atom. The fourth-order valence-corrected chi connectivity index (χ4v) is 2.15. The van der Waals surface area contributed by atoms with Gasteiger partial charge in [0.25, 0.3) is 12.3 Å². The Bertz CT molecular complexity index is 772. The molecule has 0 unspecified atom stereocenters. The molecular formula is C17H16F3N3O3. The summed E-state index contributed by atoms with van der Waals surface area (Å²) in [6, 6.07) is 8.51. The molecule has 138 valence electrons. The van der Waals surface area contributed by atoms with E-state index in [1.165, 1.54) is 6.07 Å². The molecule has 0 aliphatic rings. The minimum absolute atomic E-state index is 0.0694. The van der Waals surface area contributed by atoms with Crippen LogP contribution in [0.2, 0.25) is 0 Å². The van der Waals surface area contributed by atoms with Gasteiger partial charge in [0.1, 0.15) is 17.6 Å². The van der Waals surface area contributed by atoms with Gasteiger partial charge >= 0.3 is 6.03 Å². The van der Waals surface area contributed by atoms with Crippen LogP contribution in [0.1, 0.15) is 11.6 Å². The van der Waals surface area contributed by atoms with Crippen molar-refractivity contribution < 1.29 is 27.5 Å². The number of carbonyl (C=O) groups excluding carboxylic acids is 2. The molecule has 0 radical (unpaired) electrons. The third-order valence-electron chi connectivity index (χ3n) is 3.28. The number of alkyl halides is 2. The minimum atomic E-state index is -3.09. The van der Waals surface area contributed by atoms with Crippen LogP contribution in [0.5, 0.6) is 5.75 Å². The quantitative estimate of drug-likeness (QED) is 0.702. The van der Waals surface area contributed by atoms with Gasteiger partial charge in [-0.15, -0.1) is 0 Å². The van der Waals surface area contributed by atoms with Crippen molar-refractivity contribution in [3.8, 4) is 5.75 Å². The number of para-hydroxylation sites is 1. The third-order valence-corrected chi connectivity index (χ3v) is 3.28. The number of benzene rings is 2. The Morgan fingerprint density at radius 1 is 1.12 bits per heavy atom. The number of halogens is 3. The normalized spacial score (nSPS) is 11.7. The van der Waals surface area contributed by atoms with Crippen molar-refractivity contribution >= 4 is 17.6 Å². The number of rotatable bonds is 7. The Balaban J connectivity index is 2.07. The van der Waals surface area contributed by atoms with E-state index in [2.05, 4.69) is 5.32 Å². The first-order valence-corrected chi connectivity index (χ1v) is 7.48. The number of hydrogen-bond donors (Lipinski definition) is 3. The fraction of sp³-hybridized carbons (Fsp3) is 0.176. The van der Waals surface area contributed by atoms with Crippen LogP contribution >= 0.6 is 0 Å². The highest BCUT2D eigenvalue weighted by Crippen LogP contribution is 2.26. The van der Waals surface area contributed by atoms with Gasteiger partial charge < -0.3 is 21.1 Å². The maximum Gasteiger partial charge on any atom is 0.312 e. The van der Waals surface area contributed by atoms with E-state index < -0.39 is 35.8 Å². The molecule has 0 aromatic heterocycles. The average Bonchev–Trinajstić information content (AvgIpc) is 2.60. The van der Waals surface area contributed by atoms with Gasteiger partial charge in [0.2, 0.25) is 0 Å². The van der Waals surface area contributed by atoms with Crippen molar-refractivity contribution in [2.45, 2.75) is 12.5 Å². The fourth-order valence-electron chi connectivity index (χ4n) is 2.15. The molecule has 2 rings (SSSR count). The van der Waals surface area contributed by atoms with Gasteiger partial charge in [-0.05, 0) is 30.3 Å². The lowest BCUT2D eigenvalue weighted by molar-refractivity contribution is -0.118. The SMILES string of the molecule is NC(=O)N[C@@H](c1cc(NC(=O)COc2ccccc2)ccc1F)C(F)F. The first kappa shape index (κ1) is 19.1. The zero-order valence-corrected chi connectivity index (χ0v) is 13.4. The molecule has 0 bridgehead atoms. The van der Waals surface area contributed by atoms with Crippen LogP contribution in [0, 0.1) is 5.82 Å². The lowest BCUT2D eigenvalue weighted by Crippen LogP contribution is -2.37. The number of hydrogen-bond acceptors (Lipinski definition) is 3. The van der Waals surface area contributed by atoms with E-state index in [0.29, 0.717) is 5.75 Å². The molecule has 0 fully saturated rings. The number of nitrogens with one attached hydrogen (secondary N) is 2. The van der Waals surface area contributed by atoms with Crippen LogP contribution in [0.15, 0.2) is 48.5 Å². The smallest absolute Gasteiger partial charge is 0.312 e. The van der Waals surface area contributed by atoms with Gasteiger partial charge in [-0.25, -0.2) is 18.0 Å². The average molecular weight is 367 g/mol. The van der Waals surface area contributed by atoms with E-state index in [1.54, 1.807) is 35.6 Å². The standard InChI is InChI=1S/C17H16F3N3O3/c18-13-7-6-10(8-12(13)15(16(19)20)23-17(21)25)22-14(24)9-26-11-4-2-1-3-5-11/h1-8,15-16H,9H2,(H,22,24)(H3,21,23,25)/t15-/m0/s1. The third kappa shape index (κ3) is 5.40. The topological polar surface area (TPSA) is 93.5 Å². The molecule has 4 N–H and O–H groups in total. The second-order valence-electron chi connectivity index (χ2n) is 5.21. The predicted octanol–water partition coefficient (Wildman–Crippen LogP) is 2.82. The monoisotopic (exact) mass is 367 g/mol. The zero-order valence-electron chi connectivity index (χ0n) is 13.4.